The van der Waals surface area contributed by atoms with Gasteiger partial charge in [0.25, 0.3) is 0 Å². The van der Waals surface area contributed by atoms with Crippen LogP contribution < -0.4 is 4.72 Å². The first kappa shape index (κ1) is 15.0. The molecule has 0 bridgehead atoms. The SMILES string of the molecule is Cc1[nH]nc(CO)c1S(=O)(=O)NC1CCN2CCCCC12. The third kappa shape index (κ3) is 2.73. The number of H-pyrrole nitrogens is 1. The zero-order chi connectivity index (χ0) is 15.0. The Morgan fingerprint density at radius 3 is 2.95 bits per heavy atom. The molecule has 2 unspecified atom stereocenters. The fourth-order valence-corrected chi connectivity index (χ4v) is 5.24. The molecule has 2 atom stereocenters. The molecular formula is C13H22N4O3S. The number of nitrogens with zero attached hydrogens (tertiary/aromatic N) is 2. The predicted octanol–water partition coefficient (Wildman–Crippen LogP) is 0.116. The van der Waals surface area contributed by atoms with Crippen LogP contribution in [0.3, 0.4) is 0 Å². The van der Waals surface area contributed by atoms with Crippen molar-refractivity contribution in [1.82, 2.24) is 19.8 Å². The molecule has 1 aromatic rings. The second kappa shape index (κ2) is 5.68. The second-order valence-corrected chi connectivity index (χ2v) is 7.55. The highest BCUT2D eigenvalue weighted by Crippen LogP contribution is 2.29. The number of aliphatic hydroxyl groups excluding tert-OH is 1. The van der Waals surface area contributed by atoms with Gasteiger partial charge in [0.1, 0.15) is 10.6 Å². The summed E-state index contributed by atoms with van der Waals surface area (Å²) in [7, 11) is -3.65. The van der Waals surface area contributed by atoms with Crippen LogP contribution in [0.1, 0.15) is 37.1 Å². The third-order valence-corrected chi connectivity index (χ3v) is 6.23. The number of rotatable bonds is 4. The van der Waals surface area contributed by atoms with E-state index in [4.69, 9.17) is 0 Å². The molecule has 2 aliphatic rings. The smallest absolute Gasteiger partial charge is 0.244 e. The molecule has 0 aromatic carbocycles. The lowest BCUT2D eigenvalue weighted by molar-refractivity contribution is 0.186. The fourth-order valence-electron chi connectivity index (χ4n) is 3.58. The van der Waals surface area contributed by atoms with Crippen molar-refractivity contribution in [3.63, 3.8) is 0 Å². The number of hydrogen-bond acceptors (Lipinski definition) is 5. The van der Waals surface area contributed by atoms with E-state index < -0.39 is 10.0 Å². The molecule has 2 aliphatic heterocycles. The van der Waals surface area contributed by atoms with Gasteiger partial charge in [-0.2, -0.15) is 5.10 Å². The molecule has 2 saturated heterocycles. The summed E-state index contributed by atoms with van der Waals surface area (Å²) in [6.07, 6.45) is 4.25. The molecule has 2 fully saturated rings. The number of nitrogens with one attached hydrogen (secondary N) is 2. The van der Waals surface area contributed by atoms with Gasteiger partial charge in [-0.3, -0.25) is 10.00 Å². The lowest BCUT2D eigenvalue weighted by Gasteiger charge is -2.32. The van der Waals surface area contributed by atoms with Crippen LogP contribution in [0.15, 0.2) is 4.90 Å². The van der Waals surface area contributed by atoms with Crippen molar-refractivity contribution in [2.75, 3.05) is 13.1 Å². The molecule has 3 N–H and O–H groups in total. The average molecular weight is 314 g/mol. The summed E-state index contributed by atoms with van der Waals surface area (Å²) < 4.78 is 28.1. The van der Waals surface area contributed by atoms with Crippen molar-refractivity contribution in [3.8, 4) is 0 Å². The summed E-state index contributed by atoms with van der Waals surface area (Å²) in [6.45, 7) is 3.29. The Kier molecular flexibility index (Phi) is 4.04. The molecule has 0 spiro atoms. The molecule has 0 saturated carbocycles. The number of hydrogen-bond donors (Lipinski definition) is 3. The van der Waals surface area contributed by atoms with E-state index in [1.807, 2.05) is 0 Å². The monoisotopic (exact) mass is 314 g/mol. The predicted molar refractivity (Wildman–Crippen MR) is 77.2 cm³/mol. The van der Waals surface area contributed by atoms with Gasteiger partial charge in [-0.1, -0.05) is 6.42 Å². The van der Waals surface area contributed by atoms with Crippen LogP contribution in [0, 0.1) is 6.92 Å². The number of piperidine rings is 1. The van der Waals surface area contributed by atoms with Crippen LogP contribution >= 0.6 is 0 Å². The van der Waals surface area contributed by atoms with Crippen LogP contribution in [0.5, 0.6) is 0 Å². The number of aryl methyl sites for hydroxylation is 1. The highest BCUT2D eigenvalue weighted by molar-refractivity contribution is 7.89. The maximum absolute atomic E-state index is 12.6. The molecule has 0 radical (unpaired) electrons. The van der Waals surface area contributed by atoms with E-state index in [0.717, 1.165) is 32.4 Å². The maximum atomic E-state index is 12.6. The number of aliphatic hydroxyl groups is 1. The number of aromatic nitrogens is 2. The summed E-state index contributed by atoms with van der Waals surface area (Å²) in [5, 5.41) is 15.7. The Labute approximate surface area is 124 Å². The summed E-state index contributed by atoms with van der Waals surface area (Å²) in [5.41, 5.74) is 0.642. The van der Waals surface area contributed by atoms with Gasteiger partial charge in [-0.15, -0.1) is 0 Å². The zero-order valence-electron chi connectivity index (χ0n) is 12.2. The Bertz CT molecular complexity index is 613. The Morgan fingerprint density at radius 2 is 2.19 bits per heavy atom. The number of sulfonamides is 1. The third-order valence-electron chi connectivity index (χ3n) is 4.54. The van der Waals surface area contributed by atoms with Crippen LogP contribution in [0.4, 0.5) is 0 Å². The van der Waals surface area contributed by atoms with E-state index in [2.05, 4.69) is 19.8 Å². The van der Waals surface area contributed by atoms with Gasteiger partial charge in [0.2, 0.25) is 10.0 Å². The largest absolute Gasteiger partial charge is 0.390 e. The van der Waals surface area contributed by atoms with E-state index in [-0.39, 0.29) is 23.2 Å². The summed E-state index contributed by atoms with van der Waals surface area (Å²) >= 11 is 0. The molecule has 3 heterocycles. The quantitative estimate of drug-likeness (QED) is 0.733. The first-order chi connectivity index (χ1) is 10.0. The van der Waals surface area contributed by atoms with Crippen molar-refractivity contribution < 1.29 is 13.5 Å². The van der Waals surface area contributed by atoms with Crippen molar-refractivity contribution in [2.45, 2.75) is 56.2 Å². The fraction of sp³-hybridized carbons (Fsp3) is 0.769. The minimum atomic E-state index is -3.65. The van der Waals surface area contributed by atoms with Gasteiger partial charge in [-0.25, -0.2) is 13.1 Å². The van der Waals surface area contributed by atoms with Gasteiger partial charge >= 0.3 is 0 Å². The first-order valence-corrected chi connectivity index (χ1v) is 8.92. The molecule has 7 nitrogen and oxygen atoms in total. The molecule has 3 rings (SSSR count). The molecule has 118 valence electrons. The second-order valence-electron chi connectivity index (χ2n) is 5.90. The summed E-state index contributed by atoms with van der Waals surface area (Å²) in [6, 6.07) is 0.259. The maximum Gasteiger partial charge on any atom is 0.244 e. The van der Waals surface area contributed by atoms with Crippen LogP contribution in [-0.2, 0) is 16.6 Å². The Hall–Kier alpha value is -0.960. The highest BCUT2D eigenvalue weighted by atomic mass is 32.2. The van der Waals surface area contributed by atoms with E-state index in [9.17, 15) is 13.5 Å². The van der Waals surface area contributed by atoms with E-state index in [1.165, 1.54) is 6.42 Å². The van der Waals surface area contributed by atoms with Crippen molar-refractivity contribution in [1.29, 1.82) is 0 Å². The lowest BCUT2D eigenvalue weighted by Crippen LogP contribution is -2.46. The van der Waals surface area contributed by atoms with E-state index in [0.29, 0.717) is 11.7 Å². The van der Waals surface area contributed by atoms with Gasteiger partial charge in [-0.05, 0) is 32.7 Å². The standard InChI is InChI=1S/C13H22N4O3S/c1-9-13(11(8-18)15-14-9)21(19,20)16-10-5-7-17-6-3-2-4-12(10)17/h10,12,16,18H,2-8H2,1H3,(H,14,15). The highest BCUT2D eigenvalue weighted by Gasteiger charge is 2.38. The van der Waals surface area contributed by atoms with Crippen molar-refractivity contribution in [2.24, 2.45) is 0 Å². The summed E-state index contributed by atoms with van der Waals surface area (Å²) in [5.74, 6) is 0. The summed E-state index contributed by atoms with van der Waals surface area (Å²) in [4.78, 5) is 2.48. The van der Waals surface area contributed by atoms with Gasteiger partial charge in [0.15, 0.2) is 0 Å². The number of fused-ring (bicyclic) bond motifs is 1. The first-order valence-electron chi connectivity index (χ1n) is 7.44. The molecular weight excluding hydrogens is 292 g/mol. The van der Waals surface area contributed by atoms with Gasteiger partial charge < -0.3 is 5.11 Å². The number of aromatic amines is 1. The topological polar surface area (TPSA) is 98.3 Å². The van der Waals surface area contributed by atoms with E-state index in [1.54, 1.807) is 6.92 Å². The van der Waals surface area contributed by atoms with Crippen molar-refractivity contribution in [3.05, 3.63) is 11.4 Å². The normalized spacial score (nSPS) is 27.0. The van der Waals surface area contributed by atoms with Gasteiger partial charge in [0, 0.05) is 18.6 Å². The van der Waals surface area contributed by atoms with Crippen LogP contribution in [-0.4, -0.2) is 53.8 Å². The van der Waals surface area contributed by atoms with Gasteiger partial charge in [0.05, 0.1) is 12.3 Å². The van der Waals surface area contributed by atoms with Crippen LogP contribution in [0.25, 0.3) is 0 Å². The Balaban J connectivity index is 1.81. The van der Waals surface area contributed by atoms with E-state index >= 15 is 0 Å². The molecule has 0 amide bonds. The molecule has 1 aromatic heterocycles. The Morgan fingerprint density at radius 1 is 1.38 bits per heavy atom. The molecule has 8 heteroatoms. The van der Waals surface area contributed by atoms with Crippen molar-refractivity contribution >= 4 is 10.0 Å². The lowest BCUT2D eigenvalue weighted by atomic mass is 10.00. The average Bonchev–Trinajstić information content (AvgIpc) is 3.03. The minimum Gasteiger partial charge on any atom is -0.390 e. The van der Waals surface area contributed by atoms with Crippen LogP contribution in [0.2, 0.25) is 0 Å². The molecule has 21 heavy (non-hydrogen) atoms. The molecule has 0 aliphatic carbocycles. The zero-order valence-corrected chi connectivity index (χ0v) is 13.0. The minimum absolute atomic E-state index is 0.0452.